The number of carbonyl (C=O) groups excluding carboxylic acids is 2. The van der Waals surface area contributed by atoms with Crippen LogP contribution in [0.4, 0.5) is 5.69 Å². The van der Waals surface area contributed by atoms with Crippen LogP contribution in [0.3, 0.4) is 0 Å². The number of anilines is 1. The van der Waals surface area contributed by atoms with E-state index in [0.717, 1.165) is 11.0 Å². The second kappa shape index (κ2) is 8.30. The van der Waals surface area contributed by atoms with Gasteiger partial charge in [0.05, 0.1) is 15.9 Å². The van der Waals surface area contributed by atoms with Gasteiger partial charge in [0, 0.05) is 44.8 Å². The van der Waals surface area contributed by atoms with Gasteiger partial charge in [-0.1, -0.05) is 0 Å². The van der Waals surface area contributed by atoms with E-state index in [9.17, 15) is 9.59 Å². The van der Waals surface area contributed by atoms with Crippen molar-refractivity contribution in [2.45, 2.75) is 26.9 Å². The average Bonchev–Trinajstić information content (AvgIpc) is 3.48. The lowest BCUT2D eigenvalue weighted by atomic mass is 10.3. The molecule has 12 heteroatoms. The molecule has 4 heterocycles. The van der Waals surface area contributed by atoms with Crippen molar-refractivity contribution in [1.29, 1.82) is 0 Å². The summed E-state index contributed by atoms with van der Waals surface area (Å²) in [5, 5.41) is 18.4. The van der Waals surface area contributed by atoms with Gasteiger partial charge in [-0.2, -0.15) is 15.3 Å². The maximum Gasteiger partial charge on any atom is 0.276 e. The van der Waals surface area contributed by atoms with Crippen LogP contribution in [0.25, 0.3) is 17.0 Å². The first-order chi connectivity index (χ1) is 14.9. The Bertz CT molecular complexity index is 1290. The van der Waals surface area contributed by atoms with Crippen LogP contribution >= 0.6 is 15.9 Å². The molecule has 0 aliphatic heterocycles. The molecule has 0 fully saturated rings. The number of fused-ring (bicyclic) bond motifs is 1. The van der Waals surface area contributed by atoms with E-state index in [2.05, 4.69) is 46.8 Å². The molecule has 11 nitrogen and oxygen atoms in total. The predicted octanol–water partition coefficient (Wildman–Crippen LogP) is 2.20. The zero-order valence-corrected chi connectivity index (χ0v) is 18.7. The molecule has 31 heavy (non-hydrogen) atoms. The minimum Gasteiger partial charge on any atom is -0.354 e. The van der Waals surface area contributed by atoms with Gasteiger partial charge in [-0.05, 0) is 35.8 Å². The van der Waals surface area contributed by atoms with Gasteiger partial charge in [0.2, 0.25) is 0 Å². The van der Waals surface area contributed by atoms with Crippen LogP contribution in [-0.4, -0.2) is 53.0 Å². The number of amides is 2. The number of nitrogens with one attached hydrogen (secondary N) is 2. The van der Waals surface area contributed by atoms with E-state index in [-0.39, 0.29) is 11.4 Å². The van der Waals surface area contributed by atoms with Gasteiger partial charge in [0.15, 0.2) is 17.0 Å². The standard InChI is InChI=1S/C19H20BrN9O2/c1-4-27-9-11(20)16(25-27)14-6-7-22-15-8-12(24-29(14)15)18(30)23-13-10-28(5-2)26-17(13)19(31)21-3/h6-10H,4-5H2,1-3H3,(H,21,31)(H,23,30). The van der Waals surface area contributed by atoms with E-state index in [1.165, 1.54) is 7.05 Å². The third-order valence-corrected chi connectivity index (χ3v) is 5.23. The maximum absolute atomic E-state index is 12.9. The Kier molecular flexibility index (Phi) is 5.55. The number of aryl methyl sites for hydroxylation is 2. The van der Waals surface area contributed by atoms with Gasteiger partial charge in [0.25, 0.3) is 11.8 Å². The number of carbonyl (C=O) groups is 2. The van der Waals surface area contributed by atoms with Crippen molar-refractivity contribution in [1.82, 2.24) is 39.5 Å². The van der Waals surface area contributed by atoms with Crippen molar-refractivity contribution in [3.8, 4) is 11.4 Å². The average molecular weight is 486 g/mol. The first-order valence-corrected chi connectivity index (χ1v) is 10.4. The number of hydrogen-bond acceptors (Lipinski definition) is 6. The molecule has 160 valence electrons. The largest absolute Gasteiger partial charge is 0.354 e. The Labute approximate surface area is 185 Å². The lowest BCUT2D eigenvalue weighted by Crippen LogP contribution is -2.21. The third-order valence-electron chi connectivity index (χ3n) is 4.65. The summed E-state index contributed by atoms with van der Waals surface area (Å²) in [5.74, 6) is -0.867. The topological polar surface area (TPSA) is 124 Å². The highest BCUT2D eigenvalue weighted by atomic mass is 79.9. The summed E-state index contributed by atoms with van der Waals surface area (Å²) in [6, 6.07) is 3.36. The lowest BCUT2D eigenvalue weighted by molar-refractivity contribution is 0.0958. The summed E-state index contributed by atoms with van der Waals surface area (Å²) < 4.78 is 5.75. The summed E-state index contributed by atoms with van der Waals surface area (Å²) in [7, 11) is 1.51. The Morgan fingerprint density at radius 3 is 2.48 bits per heavy atom. The maximum atomic E-state index is 12.9. The minimum atomic E-state index is -0.476. The van der Waals surface area contributed by atoms with E-state index >= 15 is 0 Å². The SMILES string of the molecule is CCn1cc(NC(=O)c2cc3nccc(-c4nn(CC)cc4Br)n3n2)c(C(=O)NC)n1. The minimum absolute atomic E-state index is 0.134. The van der Waals surface area contributed by atoms with Crippen LogP contribution < -0.4 is 10.6 Å². The predicted molar refractivity (Wildman–Crippen MR) is 117 cm³/mol. The van der Waals surface area contributed by atoms with Crippen LogP contribution in [0.1, 0.15) is 34.8 Å². The smallest absolute Gasteiger partial charge is 0.276 e. The number of hydrogen-bond donors (Lipinski definition) is 2. The van der Waals surface area contributed by atoms with Gasteiger partial charge in [-0.3, -0.25) is 19.0 Å². The van der Waals surface area contributed by atoms with E-state index in [4.69, 9.17) is 0 Å². The summed E-state index contributed by atoms with van der Waals surface area (Å²) >= 11 is 3.53. The van der Waals surface area contributed by atoms with Crippen LogP contribution in [0.2, 0.25) is 0 Å². The van der Waals surface area contributed by atoms with Crippen LogP contribution in [0.15, 0.2) is 35.2 Å². The van der Waals surface area contributed by atoms with Crippen molar-refractivity contribution in [2.24, 2.45) is 0 Å². The molecular weight excluding hydrogens is 466 g/mol. The normalized spacial score (nSPS) is 11.1. The zero-order valence-electron chi connectivity index (χ0n) is 17.1. The van der Waals surface area contributed by atoms with Gasteiger partial charge in [-0.15, -0.1) is 0 Å². The first kappa shape index (κ1) is 20.7. The van der Waals surface area contributed by atoms with Gasteiger partial charge >= 0.3 is 0 Å². The van der Waals surface area contributed by atoms with E-state index in [0.29, 0.717) is 29.3 Å². The Hall–Kier alpha value is -3.54. The van der Waals surface area contributed by atoms with Crippen molar-refractivity contribution >= 4 is 39.1 Å². The molecule has 0 aliphatic rings. The van der Waals surface area contributed by atoms with Crippen molar-refractivity contribution in [2.75, 3.05) is 12.4 Å². The number of halogens is 1. The van der Waals surface area contributed by atoms with E-state index < -0.39 is 11.8 Å². The lowest BCUT2D eigenvalue weighted by Gasteiger charge is -2.03. The Morgan fingerprint density at radius 2 is 1.81 bits per heavy atom. The van der Waals surface area contributed by atoms with Crippen LogP contribution in [0.5, 0.6) is 0 Å². The summed E-state index contributed by atoms with van der Waals surface area (Å²) in [4.78, 5) is 29.3. The molecule has 0 aromatic carbocycles. The Morgan fingerprint density at radius 1 is 1.06 bits per heavy atom. The Balaban J connectivity index is 1.70. The number of aromatic nitrogens is 7. The fraction of sp³-hybridized carbons (Fsp3) is 0.263. The molecule has 2 amide bonds. The molecule has 0 unspecified atom stereocenters. The highest BCUT2D eigenvalue weighted by Crippen LogP contribution is 2.27. The molecule has 0 saturated heterocycles. The molecule has 0 aliphatic carbocycles. The number of nitrogens with zero attached hydrogens (tertiary/aromatic N) is 7. The molecule has 0 atom stereocenters. The molecule has 0 radical (unpaired) electrons. The molecule has 0 spiro atoms. The fourth-order valence-corrected chi connectivity index (χ4v) is 3.58. The summed E-state index contributed by atoms with van der Waals surface area (Å²) in [6.07, 6.45) is 5.13. The first-order valence-electron chi connectivity index (χ1n) is 9.64. The quantitative estimate of drug-likeness (QED) is 0.431. The van der Waals surface area contributed by atoms with Crippen molar-refractivity contribution in [3.05, 3.63) is 46.6 Å². The van der Waals surface area contributed by atoms with E-state index in [1.54, 1.807) is 38.4 Å². The molecule has 4 rings (SSSR count). The highest BCUT2D eigenvalue weighted by molar-refractivity contribution is 9.10. The third kappa shape index (κ3) is 3.81. The van der Waals surface area contributed by atoms with E-state index in [1.807, 2.05) is 20.0 Å². The molecule has 4 aromatic rings. The molecule has 0 bridgehead atoms. The summed E-state index contributed by atoms with van der Waals surface area (Å²) in [5.41, 5.74) is 2.47. The fourth-order valence-electron chi connectivity index (χ4n) is 3.07. The van der Waals surface area contributed by atoms with Gasteiger partial charge in [-0.25, -0.2) is 9.50 Å². The van der Waals surface area contributed by atoms with Crippen molar-refractivity contribution < 1.29 is 9.59 Å². The zero-order chi connectivity index (χ0) is 22.1. The van der Waals surface area contributed by atoms with Crippen LogP contribution in [-0.2, 0) is 13.1 Å². The van der Waals surface area contributed by atoms with Crippen molar-refractivity contribution in [3.63, 3.8) is 0 Å². The van der Waals surface area contributed by atoms with Gasteiger partial charge in [0.1, 0.15) is 5.69 Å². The van der Waals surface area contributed by atoms with Crippen LogP contribution in [0, 0.1) is 0 Å². The summed E-state index contributed by atoms with van der Waals surface area (Å²) in [6.45, 7) is 5.16. The molecular formula is C19H20BrN9O2. The molecule has 2 N–H and O–H groups in total. The highest BCUT2D eigenvalue weighted by Gasteiger charge is 2.21. The molecule has 0 saturated carbocycles. The molecule has 4 aromatic heterocycles. The second-order valence-corrected chi connectivity index (χ2v) is 7.45. The van der Waals surface area contributed by atoms with Gasteiger partial charge < -0.3 is 10.6 Å². The number of rotatable bonds is 6. The monoisotopic (exact) mass is 485 g/mol. The second-order valence-electron chi connectivity index (χ2n) is 6.59.